The Hall–Kier alpha value is -1.10. The summed E-state index contributed by atoms with van der Waals surface area (Å²) in [4.78, 5) is 22.9. The first-order valence-electron chi connectivity index (χ1n) is 11.0. The van der Waals surface area contributed by atoms with E-state index >= 15 is 0 Å². The maximum absolute atomic E-state index is 11.5. The minimum atomic E-state index is -0.384. The van der Waals surface area contributed by atoms with Gasteiger partial charge in [-0.1, -0.05) is 84.0 Å². The van der Waals surface area contributed by atoms with E-state index in [1.54, 1.807) is 7.11 Å². The third-order valence-electron chi connectivity index (χ3n) is 4.59. The van der Waals surface area contributed by atoms with Gasteiger partial charge in [-0.15, -0.1) is 0 Å². The van der Waals surface area contributed by atoms with Crippen molar-refractivity contribution in [3.8, 4) is 0 Å². The summed E-state index contributed by atoms with van der Waals surface area (Å²) in [5.41, 5.74) is 0. The third-order valence-corrected chi connectivity index (χ3v) is 4.59. The van der Waals surface area contributed by atoms with Crippen LogP contribution in [0.2, 0.25) is 0 Å². The molecular formula is C22H42O5. The highest BCUT2D eigenvalue weighted by atomic mass is 16.6. The van der Waals surface area contributed by atoms with Gasteiger partial charge in [0, 0.05) is 7.11 Å². The lowest BCUT2D eigenvalue weighted by molar-refractivity contribution is -0.151. The van der Waals surface area contributed by atoms with Crippen molar-refractivity contribution in [2.45, 2.75) is 103 Å². The Kier molecular flexibility index (Phi) is 20.3. The molecule has 0 aliphatic heterocycles. The third kappa shape index (κ3) is 21.1. The van der Waals surface area contributed by atoms with Gasteiger partial charge >= 0.3 is 11.9 Å². The lowest BCUT2D eigenvalue weighted by atomic mass is 10.0. The van der Waals surface area contributed by atoms with Crippen LogP contribution in [0.5, 0.6) is 0 Å². The zero-order valence-electron chi connectivity index (χ0n) is 17.8. The summed E-state index contributed by atoms with van der Waals surface area (Å²) >= 11 is 0. The Balaban J connectivity index is 3.23. The molecular weight excluding hydrogens is 344 g/mol. The standard InChI is InChI=1S/C22H42O5/c1-3-4-5-6-7-8-9-10-11-12-13-14-15-18-26-21(23)16-17-22(24)27-20-19-25-2/h3-20H2,1-2H3. The van der Waals surface area contributed by atoms with Crippen LogP contribution in [0, 0.1) is 0 Å². The van der Waals surface area contributed by atoms with Gasteiger partial charge in [0.25, 0.3) is 0 Å². The fourth-order valence-electron chi connectivity index (χ4n) is 2.89. The van der Waals surface area contributed by atoms with Crippen molar-refractivity contribution < 1.29 is 23.8 Å². The van der Waals surface area contributed by atoms with E-state index in [-0.39, 0.29) is 31.4 Å². The molecule has 0 amide bonds. The maximum Gasteiger partial charge on any atom is 0.306 e. The average molecular weight is 387 g/mol. The van der Waals surface area contributed by atoms with Gasteiger partial charge in [-0.3, -0.25) is 9.59 Å². The summed E-state index contributed by atoms with van der Waals surface area (Å²) < 4.78 is 14.8. The number of carbonyl (C=O) groups excluding carboxylic acids is 2. The molecule has 5 nitrogen and oxygen atoms in total. The minimum Gasteiger partial charge on any atom is -0.466 e. The van der Waals surface area contributed by atoms with Gasteiger partial charge < -0.3 is 14.2 Å². The number of hydrogen-bond donors (Lipinski definition) is 0. The number of ether oxygens (including phenoxy) is 3. The highest BCUT2D eigenvalue weighted by molar-refractivity contribution is 5.77. The van der Waals surface area contributed by atoms with Gasteiger partial charge in [-0.25, -0.2) is 0 Å². The Morgan fingerprint density at radius 2 is 0.963 bits per heavy atom. The molecule has 0 rings (SSSR count). The molecule has 27 heavy (non-hydrogen) atoms. The van der Waals surface area contributed by atoms with Gasteiger partial charge in [0.15, 0.2) is 0 Å². The molecule has 0 aromatic heterocycles. The summed E-state index contributed by atoms with van der Waals surface area (Å²) in [7, 11) is 1.54. The van der Waals surface area contributed by atoms with Crippen molar-refractivity contribution in [1.82, 2.24) is 0 Å². The quantitative estimate of drug-likeness (QED) is 0.202. The van der Waals surface area contributed by atoms with Gasteiger partial charge in [-0.05, 0) is 6.42 Å². The summed E-state index contributed by atoms with van der Waals surface area (Å²) in [6.45, 7) is 3.31. The first-order valence-corrected chi connectivity index (χ1v) is 11.0. The van der Waals surface area contributed by atoms with Crippen molar-refractivity contribution in [3.05, 3.63) is 0 Å². The number of esters is 2. The SMILES string of the molecule is CCCCCCCCCCCCCCCOC(=O)CCC(=O)OCCOC. The largest absolute Gasteiger partial charge is 0.466 e. The summed E-state index contributed by atoms with van der Waals surface area (Å²) in [5, 5.41) is 0. The van der Waals surface area contributed by atoms with Gasteiger partial charge in [0.05, 0.1) is 26.1 Å². The van der Waals surface area contributed by atoms with Crippen molar-refractivity contribution in [1.29, 1.82) is 0 Å². The second-order valence-electron chi connectivity index (χ2n) is 7.18. The van der Waals surface area contributed by atoms with E-state index in [1.807, 2.05) is 0 Å². The molecule has 0 aromatic carbocycles. The highest BCUT2D eigenvalue weighted by Gasteiger charge is 2.08. The van der Waals surface area contributed by atoms with Crippen LogP contribution in [0.1, 0.15) is 103 Å². The number of methoxy groups -OCH3 is 1. The van der Waals surface area contributed by atoms with E-state index < -0.39 is 0 Å². The van der Waals surface area contributed by atoms with E-state index in [4.69, 9.17) is 14.2 Å². The molecule has 0 heterocycles. The molecule has 160 valence electrons. The average Bonchev–Trinajstić information content (AvgIpc) is 2.67. The van der Waals surface area contributed by atoms with Crippen LogP contribution < -0.4 is 0 Å². The molecule has 0 atom stereocenters. The van der Waals surface area contributed by atoms with Crippen LogP contribution in [0.3, 0.4) is 0 Å². The summed E-state index contributed by atoms with van der Waals surface area (Å²) in [6.07, 6.45) is 17.0. The van der Waals surface area contributed by atoms with E-state index in [0.717, 1.165) is 12.8 Å². The molecule has 0 unspecified atom stereocenters. The highest BCUT2D eigenvalue weighted by Crippen LogP contribution is 2.12. The Morgan fingerprint density at radius 1 is 0.556 bits per heavy atom. The van der Waals surface area contributed by atoms with Gasteiger partial charge in [-0.2, -0.15) is 0 Å². The zero-order chi connectivity index (χ0) is 20.0. The van der Waals surface area contributed by atoms with E-state index in [1.165, 1.54) is 70.6 Å². The molecule has 0 spiro atoms. The molecule has 0 saturated heterocycles. The smallest absolute Gasteiger partial charge is 0.306 e. The monoisotopic (exact) mass is 386 g/mol. The minimum absolute atomic E-state index is 0.0706. The molecule has 0 aromatic rings. The van der Waals surface area contributed by atoms with E-state index in [0.29, 0.717) is 13.2 Å². The second-order valence-corrected chi connectivity index (χ2v) is 7.18. The van der Waals surface area contributed by atoms with Crippen molar-refractivity contribution in [3.63, 3.8) is 0 Å². The molecule has 5 heteroatoms. The van der Waals surface area contributed by atoms with Crippen LogP contribution in [-0.4, -0.2) is 38.9 Å². The van der Waals surface area contributed by atoms with Crippen molar-refractivity contribution in [2.75, 3.05) is 26.9 Å². The predicted molar refractivity (Wildman–Crippen MR) is 109 cm³/mol. The van der Waals surface area contributed by atoms with Crippen molar-refractivity contribution in [2.24, 2.45) is 0 Å². The molecule has 0 fully saturated rings. The van der Waals surface area contributed by atoms with Crippen molar-refractivity contribution >= 4 is 11.9 Å². The topological polar surface area (TPSA) is 61.8 Å². The zero-order valence-corrected chi connectivity index (χ0v) is 17.8. The van der Waals surface area contributed by atoms with Gasteiger partial charge in [0.1, 0.15) is 6.61 Å². The predicted octanol–water partition coefficient (Wildman–Crippen LogP) is 5.59. The van der Waals surface area contributed by atoms with E-state index in [2.05, 4.69) is 6.92 Å². The summed E-state index contributed by atoms with van der Waals surface area (Å²) in [5.74, 6) is -0.706. The lowest BCUT2D eigenvalue weighted by Crippen LogP contribution is -2.13. The normalized spacial score (nSPS) is 10.7. The molecule has 0 aliphatic rings. The van der Waals surface area contributed by atoms with Gasteiger partial charge in [0.2, 0.25) is 0 Å². The first-order chi connectivity index (χ1) is 13.2. The fourth-order valence-corrected chi connectivity index (χ4v) is 2.89. The second kappa shape index (κ2) is 21.2. The maximum atomic E-state index is 11.5. The Bertz CT molecular complexity index is 344. The number of hydrogen-bond acceptors (Lipinski definition) is 5. The molecule has 0 aliphatic carbocycles. The molecule has 0 bridgehead atoms. The summed E-state index contributed by atoms with van der Waals surface area (Å²) in [6, 6.07) is 0. The van der Waals surface area contributed by atoms with Crippen LogP contribution >= 0.6 is 0 Å². The van der Waals surface area contributed by atoms with Crippen LogP contribution in [-0.2, 0) is 23.8 Å². The Labute approximate surface area is 166 Å². The fraction of sp³-hybridized carbons (Fsp3) is 0.909. The lowest BCUT2D eigenvalue weighted by Gasteiger charge is -2.06. The molecule has 0 saturated carbocycles. The number of unbranched alkanes of at least 4 members (excludes halogenated alkanes) is 12. The molecule has 0 radical (unpaired) electrons. The van der Waals surface area contributed by atoms with Crippen LogP contribution in [0.25, 0.3) is 0 Å². The molecule has 0 N–H and O–H groups in total. The first kappa shape index (κ1) is 25.9. The number of carbonyl (C=O) groups is 2. The van der Waals surface area contributed by atoms with Crippen LogP contribution in [0.4, 0.5) is 0 Å². The number of rotatable bonds is 20. The Morgan fingerprint density at radius 3 is 1.41 bits per heavy atom. The van der Waals surface area contributed by atoms with Crippen LogP contribution in [0.15, 0.2) is 0 Å². The van der Waals surface area contributed by atoms with E-state index in [9.17, 15) is 9.59 Å².